The second-order valence-electron chi connectivity index (χ2n) is 5.53. The summed E-state index contributed by atoms with van der Waals surface area (Å²) in [6, 6.07) is 6.64. The number of nitrogens with zero attached hydrogens (tertiary/aromatic N) is 1. The van der Waals surface area contributed by atoms with Crippen LogP contribution < -0.4 is 4.74 Å². The Hall–Kier alpha value is -0.730. The van der Waals surface area contributed by atoms with E-state index in [-0.39, 0.29) is 12.4 Å². The zero-order chi connectivity index (χ0) is 12.2. The lowest BCUT2D eigenvalue weighted by molar-refractivity contribution is 0.183. The molecule has 0 bridgehead atoms. The van der Waals surface area contributed by atoms with Crippen molar-refractivity contribution in [2.75, 3.05) is 26.2 Å². The lowest BCUT2D eigenvalue weighted by Crippen LogP contribution is -2.33. The minimum atomic E-state index is 0. The molecule has 2 nitrogen and oxygen atoms in total. The number of rotatable bonds is 4. The molecule has 3 rings (SSSR count). The Morgan fingerprint density at radius 2 is 1.74 bits per heavy atom. The molecule has 0 radical (unpaired) electrons. The van der Waals surface area contributed by atoms with Gasteiger partial charge < -0.3 is 4.74 Å². The van der Waals surface area contributed by atoms with Crippen LogP contribution in [0.5, 0.6) is 5.75 Å². The van der Waals surface area contributed by atoms with E-state index in [1.165, 1.54) is 62.7 Å². The molecule has 1 aromatic carbocycles. The van der Waals surface area contributed by atoms with Crippen LogP contribution in [0.2, 0.25) is 0 Å². The molecular weight excluding hydrogens is 258 g/mol. The maximum atomic E-state index is 5.89. The van der Waals surface area contributed by atoms with E-state index in [9.17, 15) is 0 Å². The van der Waals surface area contributed by atoms with E-state index in [2.05, 4.69) is 23.1 Å². The highest BCUT2D eigenvalue weighted by atomic mass is 35.5. The van der Waals surface area contributed by atoms with Crippen molar-refractivity contribution in [2.45, 2.75) is 38.5 Å². The van der Waals surface area contributed by atoms with Crippen molar-refractivity contribution in [1.29, 1.82) is 0 Å². The summed E-state index contributed by atoms with van der Waals surface area (Å²) >= 11 is 0. The summed E-state index contributed by atoms with van der Waals surface area (Å²) in [5, 5.41) is 0. The van der Waals surface area contributed by atoms with E-state index in [0.717, 1.165) is 18.9 Å². The van der Waals surface area contributed by atoms with Crippen molar-refractivity contribution in [1.82, 2.24) is 4.90 Å². The summed E-state index contributed by atoms with van der Waals surface area (Å²) < 4.78 is 5.89. The highest BCUT2D eigenvalue weighted by Crippen LogP contribution is 2.25. The molecule has 0 aromatic heterocycles. The number of hydrogen-bond acceptors (Lipinski definition) is 2. The molecule has 1 heterocycles. The van der Waals surface area contributed by atoms with Gasteiger partial charge in [0.15, 0.2) is 0 Å². The van der Waals surface area contributed by atoms with Crippen LogP contribution in [0.25, 0.3) is 0 Å². The Kier molecular flexibility index (Phi) is 5.53. The molecule has 106 valence electrons. The van der Waals surface area contributed by atoms with E-state index in [0.29, 0.717) is 0 Å². The van der Waals surface area contributed by atoms with Crippen molar-refractivity contribution in [3.8, 4) is 5.75 Å². The van der Waals surface area contributed by atoms with E-state index in [1.54, 1.807) is 0 Å². The first-order valence-electron chi connectivity index (χ1n) is 7.39. The van der Waals surface area contributed by atoms with Gasteiger partial charge in [0, 0.05) is 6.54 Å². The van der Waals surface area contributed by atoms with Gasteiger partial charge in [0.05, 0.1) is 0 Å². The van der Waals surface area contributed by atoms with Crippen LogP contribution in [0.1, 0.15) is 36.8 Å². The van der Waals surface area contributed by atoms with Gasteiger partial charge in [-0.2, -0.15) is 0 Å². The first-order chi connectivity index (χ1) is 8.92. The fraction of sp³-hybridized carbons (Fsp3) is 0.625. The number of likely N-dealkylation sites (tertiary alicyclic amines) is 1. The van der Waals surface area contributed by atoms with Crippen molar-refractivity contribution < 1.29 is 4.74 Å². The van der Waals surface area contributed by atoms with Crippen molar-refractivity contribution in [2.24, 2.45) is 0 Å². The summed E-state index contributed by atoms with van der Waals surface area (Å²) in [6.45, 7) is 4.43. The molecule has 1 aliphatic carbocycles. The number of benzene rings is 1. The maximum absolute atomic E-state index is 5.89. The number of halogens is 1. The molecule has 1 aliphatic heterocycles. The molecule has 0 amide bonds. The number of hydrogen-bond donors (Lipinski definition) is 0. The third kappa shape index (κ3) is 3.87. The topological polar surface area (TPSA) is 12.5 Å². The number of ether oxygens (including phenoxy) is 1. The van der Waals surface area contributed by atoms with Crippen LogP contribution in [0, 0.1) is 0 Å². The molecule has 0 saturated carbocycles. The smallest absolute Gasteiger partial charge is 0.119 e. The Labute approximate surface area is 122 Å². The standard InChI is InChI=1S/C16H23NO.ClH/c1-2-9-17(10-3-1)11-12-18-16-8-7-14-5-4-6-15(14)13-16;/h7-8,13H,1-6,9-12H2;1H. The largest absolute Gasteiger partial charge is 0.492 e. The Bertz CT molecular complexity index is 402. The molecule has 19 heavy (non-hydrogen) atoms. The molecule has 0 atom stereocenters. The maximum Gasteiger partial charge on any atom is 0.119 e. The molecule has 0 unspecified atom stereocenters. The third-order valence-corrected chi connectivity index (χ3v) is 4.19. The zero-order valence-electron chi connectivity index (χ0n) is 11.6. The van der Waals surface area contributed by atoms with E-state index in [1.807, 2.05) is 0 Å². The number of aryl methyl sites for hydroxylation is 2. The molecule has 2 aliphatic rings. The van der Waals surface area contributed by atoms with Crippen LogP contribution in [-0.2, 0) is 12.8 Å². The van der Waals surface area contributed by atoms with Crippen molar-refractivity contribution in [3.63, 3.8) is 0 Å². The predicted molar refractivity (Wildman–Crippen MR) is 81.5 cm³/mol. The summed E-state index contributed by atoms with van der Waals surface area (Å²) in [6.07, 6.45) is 7.93. The normalized spacial score (nSPS) is 18.7. The first-order valence-corrected chi connectivity index (χ1v) is 7.39. The molecule has 1 saturated heterocycles. The quantitative estimate of drug-likeness (QED) is 0.838. The van der Waals surface area contributed by atoms with Gasteiger partial charge >= 0.3 is 0 Å². The fourth-order valence-electron chi connectivity index (χ4n) is 3.11. The van der Waals surface area contributed by atoms with Crippen LogP contribution in [0.4, 0.5) is 0 Å². The monoisotopic (exact) mass is 281 g/mol. The van der Waals surface area contributed by atoms with Gasteiger partial charge in [-0.3, -0.25) is 4.90 Å². The molecule has 0 N–H and O–H groups in total. The summed E-state index contributed by atoms with van der Waals surface area (Å²) in [4.78, 5) is 2.52. The van der Waals surface area contributed by atoms with Crippen molar-refractivity contribution >= 4 is 12.4 Å². The van der Waals surface area contributed by atoms with Crippen molar-refractivity contribution in [3.05, 3.63) is 29.3 Å². The Morgan fingerprint density at radius 3 is 2.58 bits per heavy atom. The van der Waals surface area contributed by atoms with Gasteiger partial charge in [-0.05, 0) is 68.5 Å². The van der Waals surface area contributed by atoms with E-state index in [4.69, 9.17) is 4.74 Å². The zero-order valence-corrected chi connectivity index (χ0v) is 12.4. The van der Waals surface area contributed by atoms with E-state index >= 15 is 0 Å². The van der Waals surface area contributed by atoms with Crippen LogP contribution in [0.3, 0.4) is 0 Å². The SMILES string of the molecule is Cl.c1cc2c(cc1OCCN1CCCCC1)CCC2. The predicted octanol–water partition coefficient (Wildman–Crippen LogP) is 3.46. The van der Waals surface area contributed by atoms with Gasteiger partial charge in [0.2, 0.25) is 0 Å². The highest BCUT2D eigenvalue weighted by molar-refractivity contribution is 5.85. The highest BCUT2D eigenvalue weighted by Gasteiger charge is 2.12. The lowest BCUT2D eigenvalue weighted by atomic mass is 10.1. The molecular formula is C16H24ClNO. The summed E-state index contributed by atoms with van der Waals surface area (Å²) in [7, 11) is 0. The number of piperidine rings is 1. The van der Waals surface area contributed by atoms with Crippen LogP contribution >= 0.6 is 12.4 Å². The van der Waals surface area contributed by atoms with Gasteiger partial charge in [0.25, 0.3) is 0 Å². The minimum absolute atomic E-state index is 0. The van der Waals surface area contributed by atoms with Gasteiger partial charge in [-0.15, -0.1) is 12.4 Å². The summed E-state index contributed by atoms with van der Waals surface area (Å²) in [5.41, 5.74) is 3.03. The molecule has 1 fully saturated rings. The summed E-state index contributed by atoms with van der Waals surface area (Å²) in [5.74, 6) is 1.06. The molecule has 1 aromatic rings. The second kappa shape index (κ2) is 7.16. The average molecular weight is 282 g/mol. The minimum Gasteiger partial charge on any atom is -0.492 e. The Balaban J connectivity index is 0.00000133. The first kappa shape index (κ1) is 14.7. The van der Waals surface area contributed by atoms with Gasteiger partial charge in [-0.25, -0.2) is 0 Å². The second-order valence-corrected chi connectivity index (χ2v) is 5.53. The third-order valence-electron chi connectivity index (χ3n) is 4.19. The number of fused-ring (bicyclic) bond motifs is 1. The fourth-order valence-corrected chi connectivity index (χ4v) is 3.11. The van der Waals surface area contributed by atoms with E-state index < -0.39 is 0 Å². The van der Waals surface area contributed by atoms with Crippen LogP contribution in [-0.4, -0.2) is 31.1 Å². The van der Waals surface area contributed by atoms with Crippen LogP contribution in [0.15, 0.2) is 18.2 Å². The van der Waals surface area contributed by atoms with Gasteiger partial charge in [0.1, 0.15) is 12.4 Å². The van der Waals surface area contributed by atoms with Gasteiger partial charge in [-0.1, -0.05) is 12.5 Å². The average Bonchev–Trinajstić information content (AvgIpc) is 2.87. The Morgan fingerprint density at radius 1 is 0.947 bits per heavy atom. The lowest BCUT2D eigenvalue weighted by Gasteiger charge is -2.26. The molecule has 3 heteroatoms. The molecule has 0 spiro atoms.